The standard InChI is InChI=1S/C6H5N3OS2/c1-3-7-4(2-12-3)5-8-9-6(11)10-5/h2H,1H3,(H,9,11). The Morgan fingerprint density at radius 2 is 2.50 bits per heavy atom. The number of nitrogens with one attached hydrogen (secondary N) is 1. The molecule has 0 aliphatic rings. The first kappa shape index (κ1) is 7.63. The van der Waals surface area contributed by atoms with Gasteiger partial charge in [-0.05, 0) is 19.1 Å². The summed E-state index contributed by atoms with van der Waals surface area (Å²) in [6, 6.07) is 0. The van der Waals surface area contributed by atoms with Crippen LogP contribution in [0, 0.1) is 11.8 Å². The van der Waals surface area contributed by atoms with Crippen molar-refractivity contribution < 1.29 is 4.42 Å². The molecule has 2 rings (SSSR count). The van der Waals surface area contributed by atoms with E-state index in [9.17, 15) is 0 Å². The van der Waals surface area contributed by atoms with Gasteiger partial charge in [0, 0.05) is 5.38 Å². The molecule has 2 heterocycles. The number of aryl methyl sites for hydroxylation is 1. The predicted molar refractivity (Wildman–Crippen MR) is 47.5 cm³/mol. The molecule has 62 valence electrons. The number of H-pyrrole nitrogens is 1. The second-order valence-corrected chi connectivity index (χ2v) is 3.60. The Hall–Kier alpha value is -1.01. The molecule has 6 heteroatoms. The number of rotatable bonds is 1. The van der Waals surface area contributed by atoms with Crippen LogP contribution in [0.1, 0.15) is 5.01 Å². The molecule has 0 fully saturated rings. The molecule has 12 heavy (non-hydrogen) atoms. The van der Waals surface area contributed by atoms with Crippen molar-refractivity contribution in [3.8, 4) is 11.6 Å². The number of nitrogens with zero attached hydrogens (tertiary/aromatic N) is 2. The zero-order valence-corrected chi connectivity index (χ0v) is 7.83. The Morgan fingerprint density at radius 1 is 1.67 bits per heavy atom. The third-order valence-electron chi connectivity index (χ3n) is 1.28. The van der Waals surface area contributed by atoms with E-state index in [0.29, 0.717) is 5.89 Å². The quantitative estimate of drug-likeness (QED) is 0.715. The summed E-state index contributed by atoms with van der Waals surface area (Å²) in [6.07, 6.45) is 0. The smallest absolute Gasteiger partial charge is 0.284 e. The molecular formula is C6H5N3OS2. The van der Waals surface area contributed by atoms with Gasteiger partial charge in [-0.25, -0.2) is 10.1 Å². The molecule has 0 saturated heterocycles. The van der Waals surface area contributed by atoms with Gasteiger partial charge >= 0.3 is 0 Å². The number of thiazole rings is 1. The molecule has 0 atom stereocenters. The van der Waals surface area contributed by atoms with Crippen molar-refractivity contribution in [1.82, 2.24) is 15.2 Å². The first-order valence-corrected chi connectivity index (χ1v) is 4.52. The van der Waals surface area contributed by atoms with Crippen molar-refractivity contribution in [3.63, 3.8) is 0 Å². The number of hydrogen-bond donors (Lipinski definition) is 1. The van der Waals surface area contributed by atoms with Gasteiger partial charge in [0.05, 0.1) is 5.01 Å². The first-order valence-electron chi connectivity index (χ1n) is 3.24. The fraction of sp³-hybridized carbons (Fsp3) is 0.167. The van der Waals surface area contributed by atoms with Gasteiger partial charge < -0.3 is 4.42 Å². The van der Waals surface area contributed by atoms with Gasteiger partial charge in [0.1, 0.15) is 5.69 Å². The molecule has 0 amide bonds. The Balaban J connectivity index is 2.50. The minimum atomic E-state index is 0.274. The molecule has 0 radical (unpaired) electrons. The summed E-state index contributed by atoms with van der Waals surface area (Å²) >= 11 is 6.28. The van der Waals surface area contributed by atoms with Gasteiger partial charge in [0.2, 0.25) is 0 Å². The van der Waals surface area contributed by atoms with E-state index >= 15 is 0 Å². The summed E-state index contributed by atoms with van der Waals surface area (Å²) < 4.78 is 5.08. The van der Waals surface area contributed by atoms with E-state index in [1.54, 1.807) is 11.3 Å². The lowest BCUT2D eigenvalue weighted by atomic mass is 10.5. The Labute approximate surface area is 77.3 Å². The maximum atomic E-state index is 5.08. The second-order valence-electron chi connectivity index (χ2n) is 2.17. The van der Waals surface area contributed by atoms with Crippen LogP contribution in [-0.4, -0.2) is 15.2 Å². The van der Waals surface area contributed by atoms with Crippen LogP contribution in [0.5, 0.6) is 0 Å². The Kier molecular flexibility index (Phi) is 1.78. The fourth-order valence-electron chi connectivity index (χ4n) is 0.801. The summed E-state index contributed by atoms with van der Waals surface area (Å²) in [5, 5.41) is 9.25. The summed E-state index contributed by atoms with van der Waals surface area (Å²) in [6.45, 7) is 1.93. The van der Waals surface area contributed by atoms with E-state index in [4.69, 9.17) is 16.6 Å². The first-order chi connectivity index (χ1) is 5.75. The molecular weight excluding hydrogens is 194 g/mol. The normalized spacial score (nSPS) is 10.4. The lowest BCUT2D eigenvalue weighted by Gasteiger charge is -1.81. The number of aromatic nitrogens is 3. The van der Waals surface area contributed by atoms with Crippen molar-refractivity contribution in [1.29, 1.82) is 0 Å². The molecule has 0 spiro atoms. The highest BCUT2D eigenvalue weighted by Gasteiger charge is 2.06. The fourth-order valence-corrected chi connectivity index (χ4v) is 1.51. The van der Waals surface area contributed by atoms with Crippen LogP contribution in [0.15, 0.2) is 9.80 Å². The van der Waals surface area contributed by atoms with E-state index in [0.717, 1.165) is 10.7 Å². The van der Waals surface area contributed by atoms with Crippen LogP contribution >= 0.6 is 23.6 Å². The lowest BCUT2D eigenvalue weighted by Crippen LogP contribution is -1.77. The van der Waals surface area contributed by atoms with Gasteiger partial charge in [-0.1, -0.05) is 0 Å². The maximum Gasteiger partial charge on any atom is 0.284 e. The van der Waals surface area contributed by atoms with Crippen molar-refractivity contribution in [3.05, 3.63) is 15.2 Å². The molecule has 0 aromatic carbocycles. The lowest BCUT2D eigenvalue weighted by molar-refractivity contribution is 0.550. The average molecular weight is 199 g/mol. The van der Waals surface area contributed by atoms with Crippen molar-refractivity contribution in [2.24, 2.45) is 0 Å². The van der Waals surface area contributed by atoms with Crippen molar-refractivity contribution >= 4 is 23.6 Å². The highest BCUT2D eigenvalue weighted by molar-refractivity contribution is 7.71. The third kappa shape index (κ3) is 1.30. The zero-order valence-electron chi connectivity index (χ0n) is 6.20. The van der Waals surface area contributed by atoms with Gasteiger partial charge in [-0.3, -0.25) is 0 Å². The minimum absolute atomic E-state index is 0.274. The van der Waals surface area contributed by atoms with Crippen LogP contribution in [0.4, 0.5) is 0 Å². The number of hydrogen-bond acceptors (Lipinski definition) is 5. The molecule has 0 bridgehead atoms. The summed E-state index contributed by atoms with van der Waals surface area (Å²) in [4.78, 5) is 4.46. The zero-order chi connectivity index (χ0) is 8.55. The molecule has 0 saturated carbocycles. The van der Waals surface area contributed by atoms with Gasteiger partial charge in [0.25, 0.3) is 10.7 Å². The highest BCUT2D eigenvalue weighted by atomic mass is 32.1. The van der Waals surface area contributed by atoms with Gasteiger partial charge in [-0.2, -0.15) is 0 Å². The Morgan fingerprint density at radius 3 is 3.00 bits per heavy atom. The maximum absolute atomic E-state index is 5.08. The van der Waals surface area contributed by atoms with Crippen LogP contribution < -0.4 is 0 Å². The largest absolute Gasteiger partial charge is 0.408 e. The molecule has 0 aliphatic heterocycles. The highest BCUT2D eigenvalue weighted by Crippen LogP contribution is 2.18. The number of aromatic amines is 1. The van der Waals surface area contributed by atoms with Crippen molar-refractivity contribution in [2.45, 2.75) is 6.92 Å². The average Bonchev–Trinajstić information content (AvgIpc) is 2.58. The SMILES string of the molecule is Cc1nc(-c2n[nH]c(=S)o2)cs1. The third-order valence-corrected chi connectivity index (χ3v) is 2.22. The minimum Gasteiger partial charge on any atom is -0.408 e. The van der Waals surface area contributed by atoms with E-state index in [-0.39, 0.29) is 4.84 Å². The van der Waals surface area contributed by atoms with Crippen LogP contribution in [-0.2, 0) is 0 Å². The summed E-state index contributed by atoms with van der Waals surface area (Å²) in [5.41, 5.74) is 0.727. The molecule has 4 nitrogen and oxygen atoms in total. The molecule has 2 aromatic rings. The Bertz CT molecular complexity index is 441. The van der Waals surface area contributed by atoms with Gasteiger partial charge in [0.15, 0.2) is 0 Å². The predicted octanol–water partition coefficient (Wildman–Crippen LogP) is 2.16. The monoisotopic (exact) mass is 199 g/mol. The van der Waals surface area contributed by atoms with E-state index in [2.05, 4.69) is 15.2 Å². The van der Waals surface area contributed by atoms with Crippen LogP contribution in [0.25, 0.3) is 11.6 Å². The molecule has 0 aliphatic carbocycles. The summed E-state index contributed by atoms with van der Waals surface area (Å²) in [7, 11) is 0. The second kappa shape index (κ2) is 2.80. The van der Waals surface area contributed by atoms with Crippen molar-refractivity contribution in [2.75, 3.05) is 0 Å². The van der Waals surface area contributed by atoms with Crippen LogP contribution in [0.2, 0.25) is 0 Å². The molecule has 1 N–H and O–H groups in total. The topological polar surface area (TPSA) is 54.7 Å². The van der Waals surface area contributed by atoms with Gasteiger partial charge in [-0.15, -0.1) is 16.4 Å². The van der Waals surface area contributed by atoms with E-state index in [1.807, 2.05) is 12.3 Å². The summed E-state index contributed by atoms with van der Waals surface area (Å²) in [5.74, 6) is 0.448. The molecule has 0 unspecified atom stereocenters. The van der Waals surface area contributed by atoms with E-state index < -0.39 is 0 Å². The molecule has 2 aromatic heterocycles. The van der Waals surface area contributed by atoms with Crippen LogP contribution in [0.3, 0.4) is 0 Å². The van der Waals surface area contributed by atoms with E-state index in [1.165, 1.54) is 0 Å².